The van der Waals surface area contributed by atoms with Crippen LogP contribution in [-0.4, -0.2) is 46.0 Å². The minimum atomic E-state index is -4.11. The molecule has 9 heteroatoms. The Bertz CT molecular complexity index is 1160. The molecule has 1 aliphatic heterocycles. The second kappa shape index (κ2) is 13.8. The predicted octanol–water partition coefficient (Wildman–Crippen LogP) is 3.75. The maximum atomic E-state index is 11.4. The molecule has 0 saturated carbocycles. The summed E-state index contributed by atoms with van der Waals surface area (Å²) in [6.45, 7) is 1.15. The predicted molar refractivity (Wildman–Crippen MR) is 138 cm³/mol. The Morgan fingerprint density at radius 1 is 0.730 bits per heavy atom. The lowest BCUT2D eigenvalue weighted by Gasteiger charge is -2.41. The Morgan fingerprint density at radius 2 is 1.24 bits per heavy atom. The molecule has 1 aliphatic rings. The second-order valence-corrected chi connectivity index (χ2v) is 10.1. The highest BCUT2D eigenvalue weighted by molar-refractivity contribution is 7.84. The van der Waals surface area contributed by atoms with E-state index >= 15 is 0 Å². The Labute approximate surface area is 218 Å². The van der Waals surface area contributed by atoms with Gasteiger partial charge in [-0.1, -0.05) is 91.0 Å². The minimum Gasteiger partial charge on any atom is -0.374 e. The van der Waals surface area contributed by atoms with Crippen molar-refractivity contribution in [2.75, 3.05) is 13.2 Å². The summed E-state index contributed by atoms with van der Waals surface area (Å²) < 4.78 is 52.6. The molecule has 8 nitrogen and oxygen atoms in total. The molecule has 37 heavy (non-hydrogen) atoms. The van der Waals surface area contributed by atoms with Gasteiger partial charge in [-0.15, -0.1) is 0 Å². The highest BCUT2D eigenvalue weighted by Crippen LogP contribution is 2.28. The lowest BCUT2D eigenvalue weighted by molar-refractivity contribution is -0.224. The van der Waals surface area contributed by atoms with Gasteiger partial charge in [0.25, 0.3) is 0 Å². The fourth-order valence-electron chi connectivity index (χ4n) is 4.21. The van der Waals surface area contributed by atoms with E-state index in [0.29, 0.717) is 26.2 Å². The minimum absolute atomic E-state index is 0.218. The Hall–Kier alpha value is -2.63. The molecule has 0 bridgehead atoms. The summed E-state index contributed by atoms with van der Waals surface area (Å²) in [5.41, 5.74) is 3.07. The number of hydrogen-bond acceptors (Lipinski definition) is 7. The van der Waals surface area contributed by atoms with Crippen molar-refractivity contribution in [1.82, 2.24) is 0 Å². The number of rotatable bonds is 13. The first kappa shape index (κ1) is 27.4. The van der Waals surface area contributed by atoms with E-state index < -0.39 is 34.7 Å². The third kappa shape index (κ3) is 9.32. The van der Waals surface area contributed by atoms with E-state index in [-0.39, 0.29) is 13.2 Å². The van der Waals surface area contributed by atoms with Crippen molar-refractivity contribution in [3.63, 3.8) is 0 Å². The lowest BCUT2D eigenvalue weighted by Crippen LogP contribution is -2.53. The van der Waals surface area contributed by atoms with Crippen molar-refractivity contribution in [3.8, 4) is 0 Å². The molecule has 0 radical (unpaired) electrons. The standard InChI is InChI=1S/C28H33NO7S/c29-37(30,31)35-20-25-16-26(33-18-23-12-6-2-7-13-23)28(34-19-24-14-8-3-9-15-24)27(36-25)21-32-17-22-10-4-1-5-11-22/h1-15,25-28H,16-21H2,(H2,29,30,31)/t25-,26-,27-,28+/m1/s1. The first-order valence-electron chi connectivity index (χ1n) is 12.2. The first-order chi connectivity index (χ1) is 18.0. The van der Waals surface area contributed by atoms with Crippen molar-refractivity contribution in [1.29, 1.82) is 0 Å². The summed E-state index contributed by atoms with van der Waals surface area (Å²) in [5, 5.41) is 5.05. The zero-order valence-electron chi connectivity index (χ0n) is 20.6. The highest BCUT2D eigenvalue weighted by Gasteiger charge is 2.41. The average Bonchev–Trinajstić information content (AvgIpc) is 2.91. The van der Waals surface area contributed by atoms with Crippen LogP contribution in [0.1, 0.15) is 23.1 Å². The van der Waals surface area contributed by atoms with E-state index in [1.165, 1.54) is 0 Å². The fraction of sp³-hybridized carbons (Fsp3) is 0.357. The third-order valence-corrected chi connectivity index (χ3v) is 6.46. The molecule has 1 saturated heterocycles. The molecule has 1 heterocycles. The van der Waals surface area contributed by atoms with Gasteiger partial charge in [-0.2, -0.15) is 8.42 Å². The summed E-state index contributed by atoms with van der Waals surface area (Å²) in [4.78, 5) is 0. The molecule has 198 valence electrons. The van der Waals surface area contributed by atoms with Crippen molar-refractivity contribution in [2.45, 2.75) is 50.7 Å². The molecule has 1 fully saturated rings. The summed E-state index contributed by atoms with van der Waals surface area (Å²) in [6.07, 6.45) is -1.56. The van der Waals surface area contributed by atoms with Gasteiger partial charge in [0.15, 0.2) is 0 Å². The van der Waals surface area contributed by atoms with Crippen LogP contribution in [0.15, 0.2) is 91.0 Å². The molecular weight excluding hydrogens is 494 g/mol. The van der Waals surface area contributed by atoms with Crippen molar-refractivity contribution < 1.29 is 31.5 Å². The van der Waals surface area contributed by atoms with Crippen LogP contribution in [0.2, 0.25) is 0 Å². The lowest BCUT2D eigenvalue weighted by atomic mass is 9.97. The van der Waals surface area contributed by atoms with Crippen LogP contribution in [0.3, 0.4) is 0 Å². The van der Waals surface area contributed by atoms with Crippen molar-refractivity contribution in [2.24, 2.45) is 5.14 Å². The van der Waals surface area contributed by atoms with Crippen LogP contribution in [-0.2, 0) is 53.3 Å². The van der Waals surface area contributed by atoms with Crippen LogP contribution in [0.5, 0.6) is 0 Å². The summed E-state index contributed by atoms with van der Waals surface area (Å²) in [7, 11) is -4.11. The Morgan fingerprint density at radius 3 is 1.78 bits per heavy atom. The van der Waals surface area contributed by atoms with E-state index in [0.717, 1.165) is 16.7 Å². The molecule has 3 aromatic rings. The number of ether oxygens (including phenoxy) is 4. The van der Waals surface area contributed by atoms with Gasteiger partial charge in [0.1, 0.15) is 12.2 Å². The maximum Gasteiger partial charge on any atom is 0.333 e. The van der Waals surface area contributed by atoms with Gasteiger partial charge < -0.3 is 18.9 Å². The number of hydrogen-bond donors (Lipinski definition) is 1. The third-order valence-electron chi connectivity index (χ3n) is 6.00. The summed E-state index contributed by atoms with van der Waals surface area (Å²) in [5.74, 6) is 0. The molecule has 0 unspecified atom stereocenters. The summed E-state index contributed by atoms with van der Waals surface area (Å²) >= 11 is 0. The van der Waals surface area contributed by atoms with Crippen molar-refractivity contribution in [3.05, 3.63) is 108 Å². The average molecular weight is 528 g/mol. The van der Waals surface area contributed by atoms with Crippen molar-refractivity contribution >= 4 is 10.3 Å². The Balaban J connectivity index is 1.49. The SMILES string of the molecule is NS(=O)(=O)OC[C@H]1C[C@@H](OCc2ccccc2)[C@H](OCc2ccccc2)[C@@H](COCc2ccccc2)O1. The first-order valence-corrected chi connectivity index (χ1v) is 13.7. The molecule has 4 rings (SSSR count). The summed E-state index contributed by atoms with van der Waals surface area (Å²) in [6, 6.07) is 29.5. The number of benzene rings is 3. The van der Waals surface area contributed by atoms with Gasteiger partial charge >= 0.3 is 10.3 Å². The van der Waals surface area contributed by atoms with Crippen LogP contribution in [0.25, 0.3) is 0 Å². The molecule has 0 spiro atoms. The van der Waals surface area contributed by atoms with E-state index in [1.54, 1.807) is 0 Å². The molecule has 2 N–H and O–H groups in total. The molecule has 0 aliphatic carbocycles. The van der Waals surface area contributed by atoms with Gasteiger partial charge in [0, 0.05) is 6.42 Å². The normalized spacial score (nSPS) is 22.1. The quantitative estimate of drug-likeness (QED) is 0.361. The van der Waals surface area contributed by atoms with Gasteiger partial charge in [-0.3, -0.25) is 4.18 Å². The highest BCUT2D eigenvalue weighted by atomic mass is 32.2. The van der Waals surface area contributed by atoms with Crippen LogP contribution in [0, 0.1) is 0 Å². The Kier molecular flexibility index (Phi) is 10.2. The second-order valence-electron chi connectivity index (χ2n) is 8.91. The van der Waals surface area contributed by atoms with Crippen LogP contribution >= 0.6 is 0 Å². The largest absolute Gasteiger partial charge is 0.374 e. The van der Waals surface area contributed by atoms with E-state index in [2.05, 4.69) is 0 Å². The molecule has 0 aromatic heterocycles. The van der Waals surface area contributed by atoms with Crippen LogP contribution in [0.4, 0.5) is 0 Å². The zero-order chi connectivity index (χ0) is 25.9. The van der Waals surface area contributed by atoms with Gasteiger partial charge in [0.2, 0.25) is 0 Å². The molecular formula is C28H33NO7S. The van der Waals surface area contributed by atoms with E-state index in [4.69, 9.17) is 28.3 Å². The molecule has 0 amide bonds. The number of nitrogens with two attached hydrogens (primary N) is 1. The maximum absolute atomic E-state index is 11.4. The monoisotopic (exact) mass is 527 g/mol. The zero-order valence-corrected chi connectivity index (χ0v) is 21.4. The van der Waals surface area contributed by atoms with E-state index in [1.807, 2.05) is 91.0 Å². The van der Waals surface area contributed by atoms with Crippen LogP contribution < -0.4 is 5.14 Å². The van der Waals surface area contributed by atoms with Gasteiger partial charge in [0.05, 0.1) is 45.2 Å². The topological polar surface area (TPSA) is 106 Å². The van der Waals surface area contributed by atoms with Gasteiger partial charge in [-0.05, 0) is 16.7 Å². The van der Waals surface area contributed by atoms with Gasteiger partial charge in [-0.25, -0.2) is 5.14 Å². The smallest absolute Gasteiger partial charge is 0.333 e. The molecule has 4 atom stereocenters. The fourth-order valence-corrected chi connectivity index (χ4v) is 4.56. The molecule has 3 aromatic carbocycles. The van der Waals surface area contributed by atoms with E-state index in [9.17, 15) is 8.42 Å².